The summed E-state index contributed by atoms with van der Waals surface area (Å²) in [5, 5.41) is 3.85. The molecule has 5 heteroatoms. The SMILES string of the molecule is Clc1cc(N2CCCNCC2)ncn1. The number of hydrogen-bond acceptors (Lipinski definition) is 4. The smallest absolute Gasteiger partial charge is 0.134 e. The van der Waals surface area contributed by atoms with E-state index in [1.165, 1.54) is 6.33 Å². The minimum Gasteiger partial charge on any atom is -0.355 e. The number of halogens is 1. The van der Waals surface area contributed by atoms with Crippen LogP contribution in [0, 0.1) is 0 Å². The topological polar surface area (TPSA) is 41.0 Å². The quantitative estimate of drug-likeness (QED) is 0.704. The molecule has 0 aliphatic carbocycles. The molecule has 14 heavy (non-hydrogen) atoms. The maximum Gasteiger partial charge on any atom is 0.134 e. The summed E-state index contributed by atoms with van der Waals surface area (Å²) in [6.07, 6.45) is 2.65. The third kappa shape index (κ3) is 2.33. The second kappa shape index (κ2) is 4.57. The van der Waals surface area contributed by atoms with Gasteiger partial charge in [-0.3, -0.25) is 0 Å². The molecule has 0 atom stereocenters. The van der Waals surface area contributed by atoms with E-state index in [1.54, 1.807) is 0 Å². The fourth-order valence-electron chi connectivity index (χ4n) is 1.57. The van der Waals surface area contributed by atoms with Crippen LogP contribution < -0.4 is 10.2 Å². The Morgan fingerprint density at radius 1 is 1.29 bits per heavy atom. The van der Waals surface area contributed by atoms with Crippen molar-refractivity contribution >= 4 is 17.4 Å². The molecule has 1 fully saturated rings. The third-order valence-corrected chi connectivity index (χ3v) is 2.49. The van der Waals surface area contributed by atoms with Crippen LogP contribution in [0.4, 0.5) is 5.82 Å². The van der Waals surface area contributed by atoms with Gasteiger partial charge in [-0.2, -0.15) is 0 Å². The number of anilines is 1. The van der Waals surface area contributed by atoms with Crippen molar-refractivity contribution in [3.63, 3.8) is 0 Å². The standard InChI is InChI=1S/C9H13ClN4/c10-8-6-9(13-7-12-8)14-4-1-2-11-3-5-14/h6-7,11H,1-5H2. The van der Waals surface area contributed by atoms with Gasteiger partial charge in [0.05, 0.1) is 0 Å². The highest BCUT2D eigenvalue weighted by Gasteiger charge is 2.10. The fraction of sp³-hybridized carbons (Fsp3) is 0.556. The number of nitrogens with one attached hydrogen (secondary N) is 1. The zero-order chi connectivity index (χ0) is 9.80. The number of nitrogens with zero attached hydrogens (tertiary/aromatic N) is 3. The van der Waals surface area contributed by atoms with Gasteiger partial charge in [0.15, 0.2) is 0 Å². The summed E-state index contributed by atoms with van der Waals surface area (Å²) in [4.78, 5) is 10.3. The minimum absolute atomic E-state index is 0.507. The summed E-state index contributed by atoms with van der Waals surface area (Å²) in [5.41, 5.74) is 0. The fourth-order valence-corrected chi connectivity index (χ4v) is 1.71. The molecule has 4 nitrogen and oxygen atoms in total. The summed E-state index contributed by atoms with van der Waals surface area (Å²) in [7, 11) is 0. The van der Waals surface area contributed by atoms with Crippen molar-refractivity contribution in [2.24, 2.45) is 0 Å². The highest BCUT2D eigenvalue weighted by Crippen LogP contribution is 2.14. The van der Waals surface area contributed by atoms with E-state index < -0.39 is 0 Å². The molecule has 0 radical (unpaired) electrons. The molecule has 2 rings (SSSR count). The Kier molecular flexibility index (Phi) is 3.16. The van der Waals surface area contributed by atoms with E-state index >= 15 is 0 Å². The average Bonchev–Trinajstić information content (AvgIpc) is 2.45. The lowest BCUT2D eigenvalue weighted by atomic mass is 10.4. The van der Waals surface area contributed by atoms with Crippen LogP contribution in [-0.2, 0) is 0 Å². The molecule has 2 heterocycles. The number of hydrogen-bond donors (Lipinski definition) is 1. The summed E-state index contributed by atoms with van der Waals surface area (Å²) in [5.74, 6) is 0.925. The maximum atomic E-state index is 5.81. The van der Waals surface area contributed by atoms with E-state index in [0.29, 0.717) is 5.15 Å². The molecule has 1 aliphatic heterocycles. The van der Waals surface area contributed by atoms with Gasteiger partial charge in [-0.15, -0.1) is 0 Å². The first kappa shape index (κ1) is 9.68. The van der Waals surface area contributed by atoms with Crippen LogP contribution in [0.2, 0.25) is 5.15 Å². The molecule has 1 aromatic rings. The largest absolute Gasteiger partial charge is 0.355 e. The van der Waals surface area contributed by atoms with Crippen molar-refractivity contribution in [3.05, 3.63) is 17.5 Å². The van der Waals surface area contributed by atoms with Crippen molar-refractivity contribution in [3.8, 4) is 0 Å². The third-order valence-electron chi connectivity index (χ3n) is 2.28. The van der Waals surface area contributed by atoms with E-state index in [9.17, 15) is 0 Å². The zero-order valence-corrected chi connectivity index (χ0v) is 8.67. The second-order valence-corrected chi connectivity index (χ2v) is 3.68. The van der Waals surface area contributed by atoms with Crippen LogP contribution in [0.15, 0.2) is 12.4 Å². The molecular weight excluding hydrogens is 200 g/mol. The van der Waals surface area contributed by atoms with Gasteiger partial charge in [0.1, 0.15) is 17.3 Å². The Morgan fingerprint density at radius 2 is 2.21 bits per heavy atom. The summed E-state index contributed by atoms with van der Waals surface area (Å²) in [6.45, 7) is 4.09. The lowest BCUT2D eigenvalue weighted by Crippen LogP contribution is -2.28. The van der Waals surface area contributed by atoms with E-state index in [4.69, 9.17) is 11.6 Å². The van der Waals surface area contributed by atoms with Crippen molar-refractivity contribution in [2.75, 3.05) is 31.1 Å². The van der Waals surface area contributed by atoms with E-state index in [1.807, 2.05) is 6.07 Å². The monoisotopic (exact) mass is 212 g/mol. The number of aromatic nitrogens is 2. The molecule has 1 aromatic heterocycles. The van der Waals surface area contributed by atoms with Gasteiger partial charge >= 0.3 is 0 Å². The van der Waals surface area contributed by atoms with Crippen molar-refractivity contribution in [1.82, 2.24) is 15.3 Å². The van der Waals surface area contributed by atoms with Crippen LogP contribution in [0.3, 0.4) is 0 Å². The van der Waals surface area contributed by atoms with Crippen molar-refractivity contribution in [1.29, 1.82) is 0 Å². The first-order chi connectivity index (χ1) is 6.86. The molecule has 0 unspecified atom stereocenters. The average molecular weight is 213 g/mol. The predicted octanol–water partition coefficient (Wildman–Crippen LogP) is 0.930. The van der Waals surface area contributed by atoms with E-state index in [2.05, 4.69) is 20.2 Å². The first-order valence-electron chi connectivity index (χ1n) is 4.79. The summed E-state index contributed by atoms with van der Waals surface area (Å²) >= 11 is 5.81. The van der Waals surface area contributed by atoms with Gasteiger partial charge in [0, 0.05) is 25.7 Å². The summed E-state index contributed by atoms with van der Waals surface area (Å²) < 4.78 is 0. The first-order valence-corrected chi connectivity index (χ1v) is 5.17. The van der Waals surface area contributed by atoms with Crippen LogP contribution in [-0.4, -0.2) is 36.1 Å². The van der Waals surface area contributed by atoms with Crippen LogP contribution in [0.5, 0.6) is 0 Å². The molecule has 0 amide bonds. The molecule has 0 saturated carbocycles. The Morgan fingerprint density at radius 3 is 3.07 bits per heavy atom. The van der Waals surface area contributed by atoms with Crippen LogP contribution in [0.25, 0.3) is 0 Å². The predicted molar refractivity (Wildman–Crippen MR) is 56.7 cm³/mol. The molecule has 0 aromatic carbocycles. The molecule has 76 valence electrons. The van der Waals surface area contributed by atoms with E-state index in [0.717, 1.165) is 38.4 Å². The Hall–Kier alpha value is -0.870. The van der Waals surface area contributed by atoms with Crippen molar-refractivity contribution < 1.29 is 0 Å². The molecular formula is C9H13ClN4. The minimum atomic E-state index is 0.507. The molecule has 0 spiro atoms. The normalized spacial score (nSPS) is 17.9. The lowest BCUT2D eigenvalue weighted by molar-refractivity contribution is 0.724. The van der Waals surface area contributed by atoms with Gasteiger partial charge < -0.3 is 10.2 Å². The van der Waals surface area contributed by atoms with Gasteiger partial charge in [0.25, 0.3) is 0 Å². The lowest BCUT2D eigenvalue weighted by Gasteiger charge is -2.20. The van der Waals surface area contributed by atoms with Gasteiger partial charge in [-0.1, -0.05) is 11.6 Å². The number of rotatable bonds is 1. The van der Waals surface area contributed by atoms with Gasteiger partial charge in [-0.25, -0.2) is 9.97 Å². The summed E-state index contributed by atoms with van der Waals surface area (Å²) in [6, 6.07) is 1.81. The van der Waals surface area contributed by atoms with Crippen LogP contribution >= 0.6 is 11.6 Å². The Balaban J connectivity index is 2.12. The highest BCUT2D eigenvalue weighted by molar-refractivity contribution is 6.29. The van der Waals surface area contributed by atoms with E-state index in [-0.39, 0.29) is 0 Å². The van der Waals surface area contributed by atoms with Crippen molar-refractivity contribution in [2.45, 2.75) is 6.42 Å². The molecule has 1 saturated heterocycles. The second-order valence-electron chi connectivity index (χ2n) is 3.29. The highest BCUT2D eigenvalue weighted by atomic mass is 35.5. The molecule has 1 aliphatic rings. The zero-order valence-electron chi connectivity index (χ0n) is 7.91. The van der Waals surface area contributed by atoms with Gasteiger partial charge in [-0.05, 0) is 13.0 Å². The Bertz CT molecular complexity index is 297. The van der Waals surface area contributed by atoms with Gasteiger partial charge in [0.2, 0.25) is 0 Å². The molecule has 0 bridgehead atoms. The van der Waals surface area contributed by atoms with Crippen LogP contribution in [0.1, 0.15) is 6.42 Å². The molecule has 1 N–H and O–H groups in total. The maximum absolute atomic E-state index is 5.81. The Labute approximate surface area is 88.3 Å².